The molecule has 1 saturated heterocycles. The van der Waals surface area contributed by atoms with Gasteiger partial charge in [-0.3, -0.25) is 0 Å². The number of aryl methyl sites for hydroxylation is 2. The number of pyridine rings is 1. The zero-order valence-corrected chi connectivity index (χ0v) is 14.2. The Hall–Kier alpha value is -1.44. The van der Waals surface area contributed by atoms with Crippen molar-refractivity contribution in [2.75, 3.05) is 13.1 Å². The van der Waals surface area contributed by atoms with E-state index in [1.807, 2.05) is 32.0 Å². The molecule has 1 aliphatic heterocycles. The van der Waals surface area contributed by atoms with E-state index >= 15 is 0 Å². The van der Waals surface area contributed by atoms with Crippen molar-refractivity contribution in [2.24, 2.45) is 0 Å². The van der Waals surface area contributed by atoms with Crippen LogP contribution in [0.15, 0.2) is 34.5 Å². The molecule has 0 N–H and O–H groups in total. The summed E-state index contributed by atoms with van der Waals surface area (Å²) in [5, 5.41) is 0. The Morgan fingerprint density at radius 1 is 1.27 bits per heavy atom. The molecule has 0 aliphatic carbocycles. The van der Waals surface area contributed by atoms with Crippen LogP contribution in [0.4, 0.5) is 0 Å². The van der Waals surface area contributed by atoms with Crippen LogP contribution >= 0.6 is 11.3 Å². The van der Waals surface area contributed by atoms with Gasteiger partial charge in [-0.25, -0.2) is 13.4 Å². The number of thiophene rings is 1. The minimum Gasteiger partial charge on any atom is -0.473 e. The monoisotopic (exact) mass is 338 g/mol. The molecule has 118 valence electrons. The molecule has 1 fully saturated rings. The van der Waals surface area contributed by atoms with Crippen LogP contribution in [0.3, 0.4) is 0 Å². The molecule has 2 aromatic heterocycles. The zero-order chi connectivity index (χ0) is 15.7. The third kappa shape index (κ3) is 3.16. The van der Waals surface area contributed by atoms with Crippen LogP contribution in [0.1, 0.15) is 17.0 Å². The second-order valence-corrected chi connectivity index (χ2v) is 8.83. The zero-order valence-electron chi connectivity index (χ0n) is 12.5. The first-order chi connectivity index (χ1) is 10.4. The van der Waals surface area contributed by atoms with Gasteiger partial charge in [-0.2, -0.15) is 4.31 Å². The Labute approximate surface area is 134 Å². The summed E-state index contributed by atoms with van der Waals surface area (Å²) in [6.45, 7) is 4.66. The molecular formula is C15H18N2O3S2. The van der Waals surface area contributed by atoms with E-state index in [9.17, 15) is 8.42 Å². The molecule has 3 heterocycles. The van der Waals surface area contributed by atoms with Gasteiger partial charge in [0.2, 0.25) is 5.88 Å². The van der Waals surface area contributed by atoms with Gasteiger partial charge in [0.15, 0.2) is 0 Å². The predicted octanol–water partition coefficient (Wildman–Crippen LogP) is 2.60. The second kappa shape index (κ2) is 5.98. The Balaban J connectivity index is 1.69. The van der Waals surface area contributed by atoms with Gasteiger partial charge >= 0.3 is 0 Å². The van der Waals surface area contributed by atoms with E-state index in [-0.39, 0.29) is 6.10 Å². The topological polar surface area (TPSA) is 59.5 Å². The number of ether oxygens (including phenoxy) is 1. The van der Waals surface area contributed by atoms with E-state index in [0.29, 0.717) is 29.6 Å². The standard InChI is InChI=1S/C15H18N2O3S2/c1-11-4-3-5-14(16-11)20-13-8-9-17(10-13)22(18,19)15-7-6-12(2)21-15/h3-7,13H,8-10H2,1-2H3. The lowest BCUT2D eigenvalue weighted by Crippen LogP contribution is -2.30. The highest BCUT2D eigenvalue weighted by atomic mass is 32.2. The van der Waals surface area contributed by atoms with Gasteiger partial charge in [0.05, 0.1) is 6.54 Å². The Morgan fingerprint density at radius 2 is 2.09 bits per heavy atom. The SMILES string of the molecule is Cc1cccc(OC2CCN(S(=O)(=O)c3ccc(C)s3)C2)n1. The van der Waals surface area contributed by atoms with Crippen molar-refractivity contribution >= 4 is 21.4 Å². The van der Waals surface area contributed by atoms with E-state index in [2.05, 4.69) is 4.98 Å². The van der Waals surface area contributed by atoms with E-state index in [4.69, 9.17) is 4.74 Å². The number of sulfonamides is 1. The van der Waals surface area contributed by atoms with Gasteiger partial charge in [0.1, 0.15) is 10.3 Å². The summed E-state index contributed by atoms with van der Waals surface area (Å²) in [4.78, 5) is 5.29. The summed E-state index contributed by atoms with van der Waals surface area (Å²) in [5.41, 5.74) is 0.883. The van der Waals surface area contributed by atoms with Crippen LogP contribution in [0.5, 0.6) is 5.88 Å². The molecule has 3 rings (SSSR count). The molecule has 5 nitrogen and oxygen atoms in total. The van der Waals surface area contributed by atoms with E-state index in [0.717, 1.165) is 10.6 Å². The summed E-state index contributed by atoms with van der Waals surface area (Å²) >= 11 is 1.31. The van der Waals surface area contributed by atoms with Crippen LogP contribution in [0.25, 0.3) is 0 Å². The minimum absolute atomic E-state index is 0.148. The molecule has 0 saturated carbocycles. The highest BCUT2D eigenvalue weighted by molar-refractivity contribution is 7.91. The summed E-state index contributed by atoms with van der Waals surface area (Å²) in [5.74, 6) is 0.552. The molecule has 22 heavy (non-hydrogen) atoms. The Morgan fingerprint density at radius 3 is 2.77 bits per heavy atom. The fourth-order valence-corrected chi connectivity index (χ4v) is 5.37. The lowest BCUT2D eigenvalue weighted by atomic mass is 10.3. The summed E-state index contributed by atoms with van der Waals surface area (Å²) in [6, 6.07) is 9.09. The van der Waals surface area contributed by atoms with Gasteiger partial charge in [-0.15, -0.1) is 11.3 Å². The van der Waals surface area contributed by atoms with Crippen molar-refractivity contribution in [3.8, 4) is 5.88 Å². The third-order valence-corrected chi connectivity index (χ3v) is 6.90. The van der Waals surface area contributed by atoms with Crippen LogP contribution < -0.4 is 4.74 Å². The second-order valence-electron chi connectivity index (χ2n) is 5.37. The maximum absolute atomic E-state index is 12.6. The first-order valence-corrected chi connectivity index (χ1v) is 9.38. The largest absolute Gasteiger partial charge is 0.473 e. The van der Waals surface area contributed by atoms with E-state index < -0.39 is 10.0 Å². The summed E-state index contributed by atoms with van der Waals surface area (Å²) in [7, 11) is -3.40. The predicted molar refractivity (Wildman–Crippen MR) is 85.8 cm³/mol. The van der Waals surface area contributed by atoms with Crippen molar-refractivity contribution in [1.29, 1.82) is 0 Å². The van der Waals surface area contributed by atoms with Crippen molar-refractivity contribution in [3.05, 3.63) is 40.9 Å². The summed E-state index contributed by atoms with van der Waals surface area (Å²) in [6.07, 6.45) is 0.532. The van der Waals surface area contributed by atoms with Crippen LogP contribution in [-0.4, -0.2) is 36.9 Å². The number of aromatic nitrogens is 1. The fourth-order valence-electron chi connectivity index (χ4n) is 2.44. The first kappa shape index (κ1) is 15.5. The molecule has 2 aromatic rings. The molecule has 1 atom stereocenters. The Bertz CT molecular complexity index is 771. The Kier molecular flexibility index (Phi) is 4.20. The molecule has 1 unspecified atom stereocenters. The molecular weight excluding hydrogens is 320 g/mol. The molecule has 0 bridgehead atoms. The quantitative estimate of drug-likeness (QED) is 0.860. The molecule has 0 radical (unpaired) electrons. The average Bonchev–Trinajstić information content (AvgIpc) is 3.08. The van der Waals surface area contributed by atoms with Crippen molar-refractivity contribution < 1.29 is 13.2 Å². The van der Waals surface area contributed by atoms with Gasteiger partial charge in [0, 0.05) is 23.2 Å². The molecule has 7 heteroatoms. The minimum atomic E-state index is -3.40. The lowest BCUT2D eigenvalue weighted by molar-refractivity contribution is 0.206. The number of hydrogen-bond donors (Lipinski definition) is 0. The molecule has 1 aliphatic rings. The van der Waals surface area contributed by atoms with Crippen molar-refractivity contribution in [2.45, 2.75) is 30.6 Å². The van der Waals surface area contributed by atoms with Crippen LogP contribution in [-0.2, 0) is 10.0 Å². The maximum Gasteiger partial charge on any atom is 0.252 e. The fraction of sp³-hybridized carbons (Fsp3) is 0.400. The first-order valence-electron chi connectivity index (χ1n) is 7.12. The third-order valence-electron chi connectivity index (χ3n) is 3.57. The number of rotatable bonds is 4. The van der Waals surface area contributed by atoms with Gasteiger partial charge in [0.25, 0.3) is 10.0 Å². The van der Waals surface area contributed by atoms with Gasteiger partial charge < -0.3 is 4.74 Å². The molecule has 0 amide bonds. The van der Waals surface area contributed by atoms with Crippen LogP contribution in [0, 0.1) is 13.8 Å². The van der Waals surface area contributed by atoms with Crippen molar-refractivity contribution in [3.63, 3.8) is 0 Å². The highest BCUT2D eigenvalue weighted by Crippen LogP contribution is 2.28. The van der Waals surface area contributed by atoms with Gasteiger partial charge in [-0.1, -0.05) is 6.07 Å². The van der Waals surface area contributed by atoms with Gasteiger partial charge in [-0.05, 0) is 38.5 Å². The van der Waals surface area contributed by atoms with Crippen LogP contribution in [0.2, 0.25) is 0 Å². The number of nitrogens with zero attached hydrogens (tertiary/aromatic N) is 2. The molecule has 0 spiro atoms. The smallest absolute Gasteiger partial charge is 0.252 e. The highest BCUT2D eigenvalue weighted by Gasteiger charge is 2.34. The van der Waals surface area contributed by atoms with E-state index in [1.165, 1.54) is 15.6 Å². The van der Waals surface area contributed by atoms with E-state index in [1.54, 1.807) is 12.1 Å². The normalized spacial score (nSPS) is 19.5. The maximum atomic E-state index is 12.6. The summed E-state index contributed by atoms with van der Waals surface area (Å²) < 4.78 is 32.8. The van der Waals surface area contributed by atoms with Crippen molar-refractivity contribution in [1.82, 2.24) is 9.29 Å². The molecule has 0 aromatic carbocycles. The lowest BCUT2D eigenvalue weighted by Gasteiger charge is -2.16. The number of hydrogen-bond acceptors (Lipinski definition) is 5. The average molecular weight is 338 g/mol.